The van der Waals surface area contributed by atoms with Crippen molar-refractivity contribution in [2.75, 3.05) is 12.0 Å². The SMILES string of the molecule is CCCCc1ccc(N2C(=O)C(O)=C(C(=O)c3cc4cccc(OC)c4o3)C2c2ccccn2)cc1. The van der Waals surface area contributed by atoms with Crippen LogP contribution in [0.1, 0.15) is 47.6 Å². The van der Waals surface area contributed by atoms with Gasteiger partial charge in [0.15, 0.2) is 22.9 Å². The second-order valence-corrected chi connectivity index (χ2v) is 8.68. The number of nitrogens with zero attached hydrogens (tertiary/aromatic N) is 2. The predicted octanol–water partition coefficient (Wildman–Crippen LogP) is 5.96. The van der Waals surface area contributed by atoms with Gasteiger partial charge < -0.3 is 14.3 Å². The van der Waals surface area contributed by atoms with E-state index in [1.807, 2.05) is 24.3 Å². The number of pyridine rings is 1. The fourth-order valence-electron chi connectivity index (χ4n) is 4.57. The Morgan fingerprint density at radius 2 is 1.92 bits per heavy atom. The van der Waals surface area contributed by atoms with Crippen molar-refractivity contribution in [3.8, 4) is 5.75 Å². The molecule has 5 rings (SSSR count). The Bertz CT molecular complexity index is 1450. The number of benzene rings is 2. The number of aryl methyl sites for hydroxylation is 1. The zero-order valence-corrected chi connectivity index (χ0v) is 20.1. The summed E-state index contributed by atoms with van der Waals surface area (Å²) in [5, 5.41) is 11.6. The van der Waals surface area contributed by atoms with Gasteiger partial charge in [0, 0.05) is 17.3 Å². The average Bonchev–Trinajstić information content (AvgIpc) is 3.47. The summed E-state index contributed by atoms with van der Waals surface area (Å²) in [6.45, 7) is 2.14. The first kappa shape index (κ1) is 23.4. The molecular formula is C29H26N2O5. The van der Waals surface area contributed by atoms with Crippen LogP contribution in [0.5, 0.6) is 5.75 Å². The quantitative estimate of drug-likeness (QED) is 0.312. The van der Waals surface area contributed by atoms with E-state index in [0.29, 0.717) is 28.1 Å². The smallest absolute Gasteiger partial charge is 0.294 e. The monoisotopic (exact) mass is 482 g/mol. The molecule has 1 atom stereocenters. The normalized spacial score (nSPS) is 15.7. The molecule has 182 valence electrons. The summed E-state index contributed by atoms with van der Waals surface area (Å²) in [6, 6.07) is 18.9. The minimum absolute atomic E-state index is 0.00143. The topological polar surface area (TPSA) is 92.9 Å². The number of rotatable bonds is 8. The number of unbranched alkanes of at least 4 members (excludes halogenated alkanes) is 1. The van der Waals surface area contributed by atoms with Crippen LogP contribution in [0.25, 0.3) is 11.0 Å². The first-order valence-corrected chi connectivity index (χ1v) is 11.9. The van der Waals surface area contributed by atoms with Gasteiger partial charge in [0.05, 0.1) is 18.4 Å². The summed E-state index contributed by atoms with van der Waals surface area (Å²) in [5.41, 5.74) is 2.53. The Morgan fingerprint density at radius 1 is 1.11 bits per heavy atom. The number of aliphatic hydroxyl groups is 1. The van der Waals surface area contributed by atoms with Crippen LogP contribution in [0.2, 0.25) is 0 Å². The Morgan fingerprint density at radius 3 is 2.61 bits per heavy atom. The van der Waals surface area contributed by atoms with Crippen molar-refractivity contribution in [3.05, 3.63) is 101 Å². The van der Waals surface area contributed by atoms with Crippen molar-refractivity contribution in [1.82, 2.24) is 4.98 Å². The van der Waals surface area contributed by atoms with Crippen molar-refractivity contribution in [2.24, 2.45) is 0 Å². The number of amides is 1. The van der Waals surface area contributed by atoms with Gasteiger partial charge in [-0.15, -0.1) is 0 Å². The highest BCUT2D eigenvalue weighted by molar-refractivity contribution is 6.20. The fraction of sp³-hybridized carbons (Fsp3) is 0.207. The Balaban J connectivity index is 1.58. The molecule has 36 heavy (non-hydrogen) atoms. The maximum absolute atomic E-state index is 13.7. The van der Waals surface area contributed by atoms with Crippen LogP contribution >= 0.6 is 0 Å². The number of aromatic nitrogens is 1. The summed E-state index contributed by atoms with van der Waals surface area (Å²) in [5.74, 6) is -1.38. The van der Waals surface area contributed by atoms with Gasteiger partial charge in [-0.1, -0.05) is 43.7 Å². The molecule has 2 aromatic carbocycles. The number of hydrogen-bond donors (Lipinski definition) is 1. The van der Waals surface area contributed by atoms with Crippen LogP contribution in [0, 0.1) is 0 Å². The molecular weight excluding hydrogens is 456 g/mol. The van der Waals surface area contributed by atoms with Gasteiger partial charge in [0.2, 0.25) is 5.78 Å². The minimum Gasteiger partial charge on any atom is -0.503 e. The lowest BCUT2D eigenvalue weighted by atomic mass is 9.98. The molecule has 1 amide bonds. The molecule has 0 saturated heterocycles. The third-order valence-corrected chi connectivity index (χ3v) is 6.41. The summed E-state index contributed by atoms with van der Waals surface area (Å²) in [6.07, 6.45) is 4.69. The lowest BCUT2D eigenvalue weighted by molar-refractivity contribution is -0.117. The number of fused-ring (bicyclic) bond motifs is 1. The second-order valence-electron chi connectivity index (χ2n) is 8.68. The molecule has 0 fully saturated rings. The van der Waals surface area contributed by atoms with Gasteiger partial charge in [-0.05, 0) is 54.8 Å². The van der Waals surface area contributed by atoms with Crippen LogP contribution in [-0.4, -0.2) is 28.9 Å². The highest BCUT2D eigenvalue weighted by Crippen LogP contribution is 2.42. The number of hydrogen-bond acceptors (Lipinski definition) is 6. The Labute approximate surface area is 208 Å². The van der Waals surface area contributed by atoms with E-state index >= 15 is 0 Å². The third kappa shape index (κ3) is 4.02. The van der Waals surface area contributed by atoms with Gasteiger partial charge in [-0.25, -0.2) is 0 Å². The number of Topliss-reactive ketones (excluding diaryl/α,β-unsaturated/α-hetero) is 1. The lowest BCUT2D eigenvalue weighted by Crippen LogP contribution is -2.31. The highest BCUT2D eigenvalue weighted by Gasteiger charge is 2.46. The van der Waals surface area contributed by atoms with Crippen molar-refractivity contribution in [1.29, 1.82) is 0 Å². The van der Waals surface area contributed by atoms with E-state index in [2.05, 4.69) is 11.9 Å². The number of aliphatic hydroxyl groups excluding tert-OH is 1. The molecule has 0 spiro atoms. The van der Waals surface area contributed by atoms with E-state index in [9.17, 15) is 14.7 Å². The molecule has 0 radical (unpaired) electrons. The van der Waals surface area contributed by atoms with Gasteiger partial charge in [0.25, 0.3) is 5.91 Å². The molecule has 7 nitrogen and oxygen atoms in total. The molecule has 0 saturated carbocycles. The zero-order valence-electron chi connectivity index (χ0n) is 20.1. The third-order valence-electron chi connectivity index (χ3n) is 6.41. The number of ketones is 1. The number of carbonyl (C=O) groups excluding carboxylic acids is 2. The van der Waals surface area contributed by atoms with E-state index < -0.39 is 23.5 Å². The second kappa shape index (κ2) is 9.70. The molecule has 1 unspecified atom stereocenters. The largest absolute Gasteiger partial charge is 0.503 e. The van der Waals surface area contributed by atoms with Gasteiger partial charge >= 0.3 is 0 Å². The van der Waals surface area contributed by atoms with Gasteiger partial charge in [0.1, 0.15) is 6.04 Å². The molecule has 1 aliphatic heterocycles. The summed E-state index contributed by atoms with van der Waals surface area (Å²) >= 11 is 0. The van der Waals surface area contributed by atoms with E-state index in [-0.39, 0.29) is 11.3 Å². The molecule has 0 bridgehead atoms. The van der Waals surface area contributed by atoms with Crippen molar-refractivity contribution < 1.29 is 23.8 Å². The van der Waals surface area contributed by atoms with Crippen LogP contribution in [0.4, 0.5) is 5.69 Å². The van der Waals surface area contributed by atoms with Crippen LogP contribution in [-0.2, 0) is 11.2 Å². The maximum Gasteiger partial charge on any atom is 0.294 e. The molecule has 2 aromatic heterocycles. The first-order valence-electron chi connectivity index (χ1n) is 11.9. The number of para-hydroxylation sites is 1. The molecule has 1 aliphatic rings. The number of anilines is 1. The fourth-order valence-corrected chi connectivity index (χ4v) is 4.57. The van der Waals surface area contributed by atoms with Crippen LogP contribution in [0.15, 0.2) is 88.7 Å². The average molecular weight is 483 g/mol. The molecule has 7 heteroatoms. The lowest BCUT2D eigenvalue weighted by Gasteiger charge is -2.26. The molecule has 1 N–H and O–H groups in total. The highest BCUT2D eigenvalue weighted by atomic mass is 16.5. The van der Waals surface area contributed by atoms with Gasteiger partial charge in [-0.3, -0.25) is 19.5 Å². The van der Waals surface area contributed by atoms with E-state index in [1.54, 1.807) is 48.7 Å². The number of ether oxygens (including phenoxy) is 1. The maximum atomic E-state index is 13.7. The van der Waals surface area contributed by atoms with Crippen molar-refractivity contribution >= 4 is 28.3 Å². The Kier molecular flexibility index (Phi) is 6.29. The van der Waals surface area contributed by atoms with Crippen LogP contribution in [0.3, 0.4) is 0 Å². The summed E-state index contributed by atoms with van der Waals surface area (Å²) in [4.78, 5) is 32.9. The standard InChI is InChI=1S/C29H26N2O5/c1-3-4-8-18-12-14-20(15-13-18)31-25(21-10-5-6-16-30-21)24(27(33)29(31)34)26(32)23-17-19-9-7-11-22(35-2)28(19)36-23/h5-7,9-17,25,33H,3-4,8H2,1-2H3. The number of carbonyl (C=O) groups is 2. The minimum atomic E-state index is -0.914. The van der Waals surface area contributed by atoms with E-state index in [0.717, 1.165) is 24.8 Å². The van der Waals surface area contributed by atoms with Gasteiger partial charge in [-0.2, -0.15) is 0 Å². The summed E-state index contributed by atoms with van der Waals surface area (Å²) in [7, 11) is 1.52. The van der Waals surface area contributed by atoms with E-state index in [1.165, 1.54) is 12.0 Å². The molecule has 3 heterocycles. The number of methoxy groups -OCH3 is 1. The van der Waals surface area contributed by atoms with Crippen LogP contribution < -0.4 is 9.64 Å². The van der Waals surface area contributed by atoms with Crippen molar-refractivity contribution in [3.63, 3.8) is 0 Å². The summed E-state index contributed by atoms with van der Waals surface area (Å²) < 4.78 is 11.2. The molecule has 4 aromatic rings. The van der Waals surface area contributed by atoms with Crippen molar-refractivity contribution in [2.45, 2.75) is 32.2 Å². The number of furan rings is 1. The predicted molar refractivity (Wildman–Crippen MR) is 136 cm³/mol. The Hall–Kier alpha value is -4.39. The molecule has 0 aliphatic carbocycles. The van der Waals surface area contributed by atoms with E-state index in [4.69, 9.17) is 9.15 Å². The zero-order chi connectivity index (χ0) is 25.2. The first-order chi connectivity index (χ1) is 17.5.